The van der Waals surface area contributed by atoms with Crippen molar-refractivity contribution < 1.29 is 14.7 Å². The molecular formula is C10H20N2O3. The van der Waals surface area contributed by atoms with Gasteiger partial charge in [-0.25, -0.2) is 0 Å². The number of aliphatic hydroxyl groups is 1. The topological polar surface area (TPSA) is 78.4 Å². The minimum Gasteiger partial charge on any atom is -0.396 e. The van der Waals surface area contributed by atoms with E-state index in [0.717, 1.165) is 0 Å². The van der Waals surface area contributed by atoms with Crippen molar-refractivity contribution in [3.05, 3.63) is 0 Å². The van der Waals surface area contributed by atoms with E-state index >= 15 is 0 Å². The summed E-state index contributed by atoms with van der Waals surface area (Å²) in [4.78, 5) is 22.6. The van der Waals surface area contributed by atoms with E-state index in [-0.39, 0.29) is 18.4 Å². The van der Waals surface area contributed by atoms with Crippen molar-refractivity contribution >= 4 is 11.8 Å². The van der Waals surface area contributed by atoms with Crippen LogP contribution in [0.2, 0.25) is 0 Å². The van der Waals surface area contributed by atoms with Crippen molar-refractivity contribution in [1.29, 1.82) is 0 Å². The lowest BCUT2D eigenvalue weighted by atomic mass is 9.92. The summed E-state index contributed by atoms with van der Waals surface area (Å²) < 4.78 is 0. The molecular weight excluding hydrogens is 196 g/mol. The van der Waals surface area contributed by atoms with Gasteiger partial charge in [-0.2, -0.15) is 0 Å². The zero-order chi connectivity index (χ0) is 11.9. The number of hydrogen-bond acceptors (Lipinski definition) is 3. The Morgan fingerprint density at radius 3 is 2.40 bits per heavy atom. The highest BCUT2D eigenvalue weighted by molar-refractivity contribution is 5.83. The maximum Gasteiger partial charge on any atom is 0.227 e. The fourth-order valence-electron chi connectivity index (χ4n) is 1.07. The number of carbonyl (C=O) groups is 2. The number of nitrogens with one attached hydrogen (secondary N) is 2. The van der Waals surface area contributed by atoms with Crippen LogP contribution >= 0.6 is 0 Å². The lowest BCUT2D eigenvalue weighted by Gasteiger charge is -2.22. The van der Waals surface area contributed by atoms with Gasteiger partial charge in [0, 0.05) is 26.6 Å². The molecule has 0 aromatic carbocycles. The maximum atomic E-state index is 11.4. The first kappa shape index (κ1) is 13.9. The summed E-state index contributed by atoms with van der Waals surface area (Å²) in [6.45, 7) is 3.83. The second kappa shape index (κ2) is 6.40. The molecule has 0 rings (SSSR count). The van der Waals surface area contributed by atoms with E-state index in [1.165, 1.54) is 0 Å². The Balaban J connectivity index is 3.92. The van der Waals surface area contributed by atoms with Crippen molar-refractivity contribution in [3.63, 3.8) is 0 Å². The van der Waals surface area contributed by atoms with Crippen molar-refractivity contribution in [2.75, 3.05) is 20.2 Å². The van der Waals surface area contributed by atoms with E-state index in [4.69, 9.17) is 5.11 Å². The highest BCUT2D eigenvalue weighted by atomic mass is 16.3. The molecule has 0 radical (unpaired) electrons. The van der Waals surface area contributed by atoms with Gasteiger partial charge in [0.2, 0.25) is 11.8 Å². The second-order valence-electron chi connectivity index (χ2n) is 4.07. The third-order valence-electron chi connectivity index (χ3n) is 2.13. The van der Waals surface area contributed by atoms with E-state index in [1.54, 1.807) is 20.9 Å². The van der Waals surface area contributed by atoms with Gasteiger partial charge in [-0.3, -0.25) is 9.59 Å². The average molecular weight is 216 g/mol. The summed E-state index contributed by atoms with van der Waals surface area (Å²) in [6.07, 6.45) is 0.743. The molecule has 0 atom stereocenters. The monoisotopic (exact) mass is 216 g/mol. The van der Waals surface area contributed by atoms with Crippen molar-refractivity contribution in [2.24, 2.45) is 5.41 Å². The summed E-state index contributed by atoms with van der Waals surface area (Å²) in [5.41, 5.74) is -0.608. The predicted octanol–water partition coefficient (Wildman–Crippen LogP) is -0.353. The second-order valence-corrected chi connectivity index (χ2v) is 4.07. The molecule has 0 fully saturated rings. The minimum absolute atomic E-state index is 0.00621. The molecule has 0 unspecified atom stereocenters. The molecule has 5 nitrogen and oxygen atoms in total. The standard InChI is InChI=1S/C10H20N2O3/c1-10(2,9(15)11-3)7-12-8(14)5-4-6-13/h13H,4-7H2,1-3H3,(H,11,15)(H,12,14). The third kappa shape index (κ3) is 5.37. The summed E-state index contributed by atoms with van der Waals surface area (Å²) in [5.74, 6) is -0.244. The van der Waals surface area contributed by atoms with Crippen LogP contribution < -0.4 is 10.6 Å². The number of amides is 2. The Hall–Kier alpha value is -1.10. The van der Waals surface area contributed by atoms with Crippen LogP contribution in [0.1, 0.15) is 26.7 Å². The molecule has 5 heteroatoms. The molecule has 0 aliphatic rings. The number of hydrogen-bond donors (Lipinski definition) is 3. The Morgan fingerprint density at radius 2 is 1.93 bits per heavy atom. The van der Waals surface area contributed by atoms with E-state index in [2.05, 4.69) is 10.6 Å². The van der Waals surface area contributed by atoms with Crippen molar-refractivity contribution in [2.45, 2.75) is 26.7 Å². The quantitative estimate of drug-likeness (QED) is 0.567. The highest BCUT2D eigenvalue weighted by Crippen LogP contribution is 2.13. The van der Waals surface area contributed by atoms with Gasteiger partial charge < -0.3 is 15.7 Å². The van der Waals surface area contributed by atoms with Gasteiger partial charge in [0.05, 0.1) is 5.41 Å². The van der Waals surface area contributed by atoms with Crippen LogP contribution in [0.15, 0.2) is 0 Å². The predicted molar refractivity (Wildman–Crippen MR) is 57.2 cm³/mol. The van der Waals surface area contributed by atoms with Crippen molar-refractivity contribution in [3.8, 4) is 0 Å². The third-order valence-corrected chi connectivity index (χ3v) is 2.13. The van der Waals surface area contributed by atoms with Crippen LogP contribution in [0.4, 0.5) is 0 Å². The smallest absolute Gasteiger partial charge is 0.227 e. The molecule has 2 amide bonds. The lowest BCUT2D eigenvalue weighted by molar-refractivity contribution is -0.129. The molecule has 0 aliphatic heterocycles. The Kier molecular flexibility index (Phi) is 5.93. The largest absolute Gasteiger partial charge is 0.396 e. The summed E-state index contributed by atoms with van der Waals surface area (Å²) in [7, 11) is 1.57. The van der Waals surface area contributed by atoms with E-state index < -0.39 is 5.41 Å². The first-order valence-electron chi connectivity index (χ1n) is 5.04. The lowest BCUT2D eigenvalue weighted by Crippen LogP contribution is -2.43. The molecule has 3 N–H and O–H groups in total. The van der Waals surface area contributed by atoms with Crippen LogP contribution in [-0.4, -0.2) is 37.1 Å². The van der Waals surface area contributed by atoms with Crippen LogP contribution in [0.3, 0.4) is 0 Å². The molecule has 0 bridgehead atoms. The molecule has 88 valence electrons. The molecule has 0 heterocycles. The summed E-state index contributed by atoms with van der Waals surface area (Å²) >= 11 is 0. The first-order chi connectivity index (χ1) is 6.94. The number of aliphatic hydroxyl groups excluding tert-OH is 1. The Morgan fingerprint density at radius 1 is 1.33 bits per heavy atom. The van der Waals surface area contributed by atoms with Crippen LogP contribution in [0.5, 0.6) is 0 Å². The van der Waals surface area contributed by atoms with Crippen LogP contribution in [0, 0.1) is 5.41 Å². The van der Waals surface area contributed by atoms with Gasteiger partial charge in [-0.1, -0.05) is 0 Å². The zero-order valence-electron chi connectivity index (χ0n) is 9.59. The van der Waals surface area contributed by atoms with Gasteiger partial charge in [-0.15, -0.1) is 0 Å². The van der Waals surface area contributed by atoms with Crippen molar-refractivity contribution in [1.82, 2.24) is 10.6 Å². The molecule has 0 aliphatic carbocycles. The van der Waals surface area contributed by atoms with Crippen LogP contribution in [-0.2, 0) is 9.59 Å². The number of carbonyl (C=O) groups excluding carboxylic acids is 2. The fourth-order valence-corrected chi connectivity index (χ4v) is 1.07. The normalized spacial score (nSPS) is 10.9. The fraction of sp³-hybridized carbons (Fsp3) is 0.800. The maximum absolute atomic E-state index is 11.4. The number of rotatable bonds is 6. The average Bonchev–Trinajstić information content (AvgIpc) is 2.22. The molecule has 0 saturated carbocycles. The van der Waals surface area contributed by atoms with Gasteiger partial charge in [0.15, 0.2) is 0 Å². The SMILES string of the molecule is CNC(=O)C(C)(C)CNC(=O)CCCO. The highest BCUT2D eigenvalue weighted by Gasteiger charge is 2.26. The molecule has 0 aromatic heterocycles. The molecule has 15 heavy (non-hydrogen) atoms. The Labute approximate surface area is 90.2 Å². The minimum atomic E-state index is -0.608. The molecule has 0 spiro atoms. The molecule has 0 aromatic rings. The van der Waals surface area contributed by atoms with Crippen LogP contribution in [0.25, 0.3) is 0 Å². The van der Waals surface area contributed by atoms with E-state index in [1.807, 2.05) is 0 Å². The zero-order valence-corrected chi connectivity index (χ0v) is 9.59. The first-order valence-corrected chi connectivity index (χ1v) is 5.04. The van der Waals surface area contributed by atoms with E-state index in [0.29, 0.717) is 19.4 Å². The van der Waals surface area contributed by atoms with Gasteiger partial charge in [-0.05, 0) is 20.3 Å². The van der Waals surface area contributed by atoms with Gasteiger partial charge >= 0.3 is 0 Å². The summed E-state index contributed by atoms with van der Waals surface area (Å²) in [5, 5.41) is 13.7. The van der Waals surface area contributed by atoms with Gasteiger partial charge in [0.25, 0.3) is 0 Å². The molecule has 0 saturated heterocycles. The van der Waals surface area contributed by atoms with Gasteiger partial charge in [0.1, 0.15) is 0 Å². The summed E-state index contributed by atoms with van der Waals surface area (Å²) in [6, 6.07) is 0. The Bertz CT molecular complexity index is 227. The van der Waals surface area contributed by atoms with E-state index in [9.17, 15) is 9.59 Å².